The van der Waals surface area contributed by atoms with Crippen LogP contribution >= 0.6 is 0 Å². The second-order valence-corrected chi connectivity index (χ2v) is 23.9. The van der Waals surface area contributed by atoms with Crippen molar-refractivity contribution in [2.75, 3.05) is 22.9 Å². The summed E-state index contributed by atoms with van der Waals surface area (Å²) in [5, 5.41) is 0. The molecule has 12 saturated carbocycles. The average molecular weight is 751 g/mol. The molecule has 0 radical (unpaired) electrons. The molecule has 3 aromatic carbocycles. The lowest BCUT2D eigenvalue weighted by Crippen LogP contribution is -2.64. The Balaban J connectivity index is 0.909. The molecule has 3 heteroatoms. The minimum absolute atomic E-state index is 0.383. The lowest BCUT2D eigenvalue weighted by atomic mass is 9.32. The predicted molar refractivity (Wildman–Crippen MR) is 234 cm³/mol. The van der Waals surface area contributed by atoms with E-state index in [4.69, 9.17) is 0 Å². The summed E-state index contributed by atoms with van der Waals surface area (Å²) in [5.74, 6) is 14.3. The third-order valence-corrected chi connectivity index (χ3v) is 21.3. The molecule has 0 amide bonds. The molecular formula is C54H63BN2. The van der Waals surface area contributed by atoms with Crippen LogP contribution in [0.1, 0.15) is 155 Å². The van der Waals surface area contributed by atoms with Gasteiger partial charge in [-0.15, -0.1) is 0 Å². The van der Waals surface area contributed by atoms with Gasteiger partial charge in [0.2, 0.25) is 0 Å². The SMILES string of the molecule is c1cc(C2C3CC4CC(C3)CC2C4)c2c3c1B1c4ccc(C5C6CC7CC(C6)CC5C7)c5c4N(CCC5)c4cc(C5C6CC7CC(C6)CC5C7)cc(c41)N3CCC2. The Morgan fingerprint density at radius 2 is 0.789 bits per heavy atom. The molecule has 16 aliphatic rings. The van der Waals surface area contributed by atoms with Crippen molar-refractivity contribution in [2.24, 2.45) is 71.0 Å². The Morgan fingerprint density at radius 3 is 1.18 bits per heavy atom. The van der Waals surface area contributed by atoms with Gasteiger partial charge in [-0.05, 0) is 267 Å². The van der Waals surface area contributed by atoms with Crippen LogP contribution in [0.25, 0.3) is 0 Å². The molecule has 0 saturated heterocycles. The highest BCUT2D eigenvalue weighted by atomic mass is 15.2. The fourth-order valence-electron chi connectivity index (χ4n) is 20.5. The Labute approximate surface area is 342 Å². The summed E-state index contributed by atoms with van der Waals surface area (Å²) in [5.41, 5.74) is 20.8. The van der Waals surface area contributed by atoms with Crippen molar-refractivity contribution in [1.29, 1.82) is 0 Å². The topological polar surface area (TPSA) is 6.48 Å². The van der Waals surface area contributed by atoms with Crippen LogP contribution in [-0.4, -0.2) is 19.8 Å². The molecule has 0 atom stereocenters. The second-order valence-electron chi connectivity index (χ2n) is 23.9. The second kappa shape index (κ2) is 11.2. The van der Waals surface area contributed by atoms with Gasteiger partial charge >= 0.3 is 0 Å². The third kappa shape index (κ3) is 4.18. The highest BCUT2D eigenvalue weighted by molar-refractivity contribution is 7.00. The summed E-state index contributed by atoms with van der Waals surface area (Å²) < 4.78 is 0. The predicted octanol–water partition coefficient (Wildman–Crippen LogP) is 10.6. The Bertz CT molecular complexity index is 2050. The lowest BCUT2D eigenvalue weighted by Gasteiger charge is -2.56. The van der Waals surface area contributed by atoms with Crippen LogP contribution in [0.2, 0.25) is 0 Å². The van der Waals surface area contributed by atoms with Gasteiger partial charge in [0.05, 0.1) is 0 Å². The van der Waals surface area contributed by atoms with E-state index in [0.717, 1.165) is 88.8 Å². The largest absolute Gasteiger partial charge is 0.342 e. The van der Waals surface area contributed by atoms with Crippen molar-refractivity contribution in [1.82, 2.24) is 0 Å². The van der Waals surface area contributed by atoms with Crippen LogP contribution in [0, 0.1) is 71.0 Å². The maximum absolute atomic E-state index is 2.97. The van der Waals surface area contributed by atoms with Gasteiger partial charge in [-0.1, -0.05) is 24.3 Å². The van der Waals surface area contributed by atoms with E-state index in [1.54, 1.807) is 64.0 Å². The third-order valence-electron chi connectivity index (χ3n) is 21.3. The molecule has 4 aliphatic heterocycles. The molecule has 0 aromatic heterocycles. The van der Waals surface area contributed by atoms with Crippen molar-refractivity contribution in [3.63, 3.8) is 0 Å². The molecule has 2 nitrogen and oxygen atoms in total. The van der Waals surface area contributed by atoms with Crippen LogP contribution in [0.5, 0.6) is 0 Å². The maximum atomic E-state index is 2.97. The van der Waals surface area contributed by atoms with Gasteiger partial charge in [0.1, 0.15) is 0 Å². The molecule has 0 unspecified atom stereocenters. The minimum atomic E-state index is 0.383. The number of nitrogens with zero attached hydrogens (tertiary/aromatic N) is 2. The molecule has 12 fully saturated rings. The maximum Gasteiger partial charge on any atom is 0.252 e. The van der Waals surface area contributed by atoms with Crippen molar-refractivity contribution < 1.29 is 0 Å². The fraction of sp³-hybridized carbons (Fsp3) is 0.667. The minimum Gasteiger partial charge on any atom is -0.342 e. The van der Waals surface area contributed by atoms with E-state index in [2.05, 4.69) is 46.2 Å². The molecule has 292 valence electrons. The summed E-state index contributed by atoms with van der Waals surface area (Å²) in [7, 11) is 0. The Hall–Kier alpha value is -2.68. The van der Waals surface area contributed by atoms with Crippen molar-refractivity contribution in [3.8, 4) is 0 Å². The van der Waals surface area contributed by atoms with Crippen LogP contribution in [-0.2, 0) is 12.8 Å². The summed E-state index contributed by atoms with van der Waals surface area (Å²) in [6.07, 6.45) is 28.2. The van der Waals surface area contributed by atoms with Crippen LogP contribution in [0.15, 0.2) is 36.4 Å². The Morgan fingerprint density at radius 1 is 0.421 bits per heavy atom. The molecule has 4 heterocycles. The summed E-state index contributed by atoms with van der Waals surface area (Å²) in [6, 6.07) is 16.8. The van der Waals surface area contributed by atoms with E-state index >= 15 is 0 Å². The zero-order chi connectivity index (χ0) is 36.4. The monoisotopic (exact) mass is 751 g/mol. The van der Waals surface area contributed by atoms with Gasteiger partial charge in [0.15, 0.2) is 0 Å². The Kier molecular flexibility index (Phi) is 6.30. The van der Waals surface area contributed by atoms with E-state index in [9.17, 15) is 0 Å². The standard InChI is InChI=1S/C54H63BN2/c1-3-43-41(50-36-18-30-12-31(20-36)21-37(50)19-30)5-7-45-53(43)56(9-1)47-26-40(49-34-14-28-11-29(16-34)17-35(49)15-28)27-48-52(47)55(45)46-8-6-42(44-4-2-10-57(48)54(44)46)51-38-22-32-13-33(24-38)25-39(51)23-32/h5-8,26-39,49-51H,1-4,9-25H2. The molecule has 19 rings (SSSR count). The van der Waals surface area contributed by atoms with Crippen molar-refractivity contribution in [2.45, 2.75) is 140 Å². The van der Waals surface area contributed by atoms with E-state index in [1.807, 2.05) is 22.3 Å². The first-order valence-electron chi connectivity index (χ1n) is 25.2. The number of rotatable bonds is 3. The number of hydrogen-bond acceptors (Lipinski definition) is 2. The first-order valence-corrected chi connectivity index (χ1v) is 25.2. The van der Waals surface area contributed by atoms with Gasteiger partial charge < -0.3 is 9.80 Å². The first-order chi connectivity index (χ1) is 28.1. The van der Waals surface area contributed by atoms with Crippen LogP contribution in [0.4, 0.5) is 22.7 Å². The van der Waals surface area contributed by atoms with Gasteiger partial charge in [-0.25, -0.2) is 0 Å². The van der Waals surface area contributed by atoms with Gasteiger partial charge in [0, 0.05) is 35.8 Å². The summed E-state index contributed by atoms with van der Waals surface area (Å²) >= 11 is 0. The van der Waals surface area contributed by atoms with E-state index in [1.165, 1.54) is 116 Å². The van der Waals surface area contributed by atoms with E-state index < -0.39 is 0 Å². The summed E-state index contributed by atoms with van der Waals surface area (Å²) in [4.78, 5) is 5.95. The summed E-state index contributed by atoms with van der Waals surface area (Å²) in [6.45, 7) is 2.80. The van der Waals surface area contributed by atoms with Crippen molar-refractivity contribution in [3.05, 3.63) is 64.2 Å². The van der Waals surface area contributed by atoms with Crippen molar-refractivity contribution >= 4 is 45.9 Å². The van der Waals surface area contributed by atoms with Gasteiger partial charge in [-0.3, -0.25) is 0 Å². The highest BCUT2D eigenvalue weighted by Gasteiger charge is 2.54. The quantitative estimate of drug-likeness (QED) is 0.246. The average Bonchev–Trinajstić information content (AvgIpc) is 3.20. The van der Waals surface area contributed by atoms with Crippen LogP contribution in [0.3, 0.4) is 0 Å². The van der Waals surface area contributed by atoms with Gasteiger partial charge in [0.25, 0.3) is 6.71 Å². The highest BCUT2D eigenvalue weighted by Crippen LogP contribution is 2.64. The molecule has 57 heavy (non-hydrogen) atoms. The van der Waals surface area contributed by atoms with E-state index in [0.29, 0.717) is 6.71 Å². The smallest absolute Gasteiger partial charge is 0.252 e. The number of hydrogen-bond donors (Lipinski definition) is 0. The lowest BCUT2D eigenvalue weighted by molar-refractivity contribution is -0.00311. The number of anilines is 4. The van der Waals surface area contributed by atoms with E-state index in [-0.39, 0.29) is 0 Å². The number of benzene rings is 3. The normalized spacial score (nSPS) is 43.8. The molecule has 3 aromatic rings. The molecule has 0 N–H and O–H groups in total. The zero-order valence-electron chi connectivity index (χ0n) is 34.4. The molecule has 0 spiro atoms. The fourth-order valence-corrected chi connectivity index (χ4v) is 20.5. The zero-order valence-corrected chi connectivity index (χ0v) is 34.4. The molecule has 12 aliphatic carbocycles. The van der Waals surface area contributed by atoms with Crippen LogP contribution < -0.4 is 26.2 Å². The van der Waals surface area contributed by atoms with Gasteiger partial charge in [-0.2, -0.15) is 0 Å². The first kappa shape index (κ1) is 32.1. The number of fused-ring (bicyclic) bond motifs is 4. The molecule has 12 bridgehead atoms. The molecular weight excluding hydrogens is 687 g/mol.